The molecule has 1 saturated carbocycles. The van der Waals surface area contributed by atoms with Crippen LogP contribution in [0.15, 0.2) is 53.3 Å². The van der Waals surface area contributed by atoms with Crippen LogP contribution in [0.4, 0.5) is 0 Å². The number of nitrogens with zero attached hydrogens (tertiary/aromatic N) is 1. The fourth-order valence-corrected chi connectivity index (χ4v) is 2.91. The van der Waals surface area contributed by atoms with Gasteiger partial charge in [0.05, 0.1) is 17.9 Å². The second-order valence-corrected chi connectivity index (χ2v) is 6.73. The van der Waals surface area contributed by atoms with E-state index in [0.717, 1.165) is 12.1 Å². The van der Waals surface area contributed by atoms with Crippen LogP contribution in [0.2, 0.25) is 0 Å². The summed E-state index contributed by atoms with van der Waals surface area (Å²) >= 11 is 0. The Morgan fingerprint density at radius 2 is 1.92 bits per heavy atom. The van der Waals surface area contributed by atoms with Crippen molar-refractivity contribution in [2.45, 2.75) is 38.8 Å². The summed E-state index contributed by atoms with van der Waals surface area (Å²) in [6.07, 6.45) is 5.15. The number of hydrogen-bond donors (Lipinski definition) is 1. The van der Waals surface area contributed by atoms with Crippen molar-refractivity contribution in [2.75, 3.05) is 6.54 Å². The van der Waals surface area contributed by atoms with Gasteiger partial charge in [0.15, 0.2) is 0 Å². The van der Waals surface area contributed by atoms with Crippen LogP contribution < -0.4 is 5.32 Å². The second kappa shape index (κ2) is 7.55. The lowest BCUT2D eigenvalue weighted by atomic mass is 10.1. The van der Waals surface area contributed by atoms with E-state index in [9.17, 15) is 9.59 Å². The fraction of sp³-hybridized carbons (Fsp3) is 0.400. The third-order valence-electron chi connectivity index (χ3n) is 4.69. The average Bonchev–Trinajstić information content (AvgIpc) is 3.28. The van der Waals surface area contributed by atoms with Gasteiger partial charge >= 0.3 is 0 Å². The molecule has 2 atom stereocenters. The summed E-state index contributed by atoms with van der Waals surface area (Å²) in [5, 5.41) is 2.77. The van der Waals surface area contributed by atoms with E-state index >= 15 is 0 Å². The summed E-state index contributed by atoms with van der Waals surface area (Å²) in [5.74, 6) is 0.223. The normalized spacial score (nSPS) is 16.1. The molecule has 0 radical (unpaired) electrons. The van der Waals surface area contributed by atoms with E-state index in [1.54, 1.807) is 13.0 Å². The van der Waals surface area contributed by atoms with Crippen LogP contribution in [0.1, 0.15) is 48.7 Å². The molecule has 0 bridgehead atoms. The molecular weight excluding hydrogens is 316 g/mol. The smallest absolute Gasteiger partial charge is 0.255 e. The molecule has 1 heterocycles. The predicted octanol–water partition coefficient (Wildman–Crippen LogP) is 3.40. The first-order valence-electron chi connectivity index (χ1n) is 8.74. The highest BCUT2D eigenvalue weighted by molar-refractivity contribution is 5.97. The molecule has 1 aromatic carbocycles. The molecule has 5 nitrogen and oxygen atoms in total. The van der Waals surface area contributed by atoms with Crippen molar-refractivity contribution >= 4 is 11.8 Å². The van der Waals surface area contributed by atoms with Gasteiger partial charge in [-0.2, -0.15) is 0 Å². The number of rotatable bonds is 7. The molecule has 1 aliphatic carbocycles. The largest absolute Gasteiger partial charge is 0.472 e. The summed E-state index contributed by atoms with van der Waals surface area (Å²) in [6.45, 7) is 4.51. The van der Waals surface area contributed by atoms with Gasteiger partial charge in [-0.15, -0.1) is 0 Å². The van der Waals surface area contributed by atoms with Gasteiger partial charge in [0.25, 0.3) is 5.91 Å². The molecule has 0 saturated heterocycles. The van der Waals surface area contributed by atoms with Crippen LogP contribution >= 0.6 is 0 Å². The number of nitrogens with one attached hydrogen (secondary N) is 1. The molecule has 3 rings (SSSR count). The van der Waals surface area contributed by atoms with E-state index in [1.165, 1.54) is 25.4 Å². The Kier molecular flexibility index (Phi) is 5.22. The molecule has 0 spiro atoms. The van der Waals surface area contributed by atoms with Gasteiger partial charge in [0.2, 0.25) is 5.91 Å². The maximum atomic E-state index is 13.0. The van der Waals surface area contributed by atoms with Crippen LogP contribution in [0.25, 0.3) is 0 Å². The molecule has 5 heteroatoms. The number of carbonyl (C=O) groups excluding carboxylic acids is 2. The standard InChI is InChI=1S/C20H24N2O3/c1-14(21-19(23)18-10-11-25-13-18)20(24)22(12-16-8-9-16)15(2)17-6-4-3-5-7-17/h3-7,10-11,13-16H,8-9,12H2,1-2H3,(H,21,23)/t14-,15-/m0/s1. The Hall–Kier alpha value is -2.56. The van der Waals surface area contributed by atoms with Gasteiger partial charge in [-0.1, -0.05) is 30.3 Å². The van der Waals surface area contributed by atoms with Gasteiger partial charge in [-0.25, -0.2) is 0 Å². The third kappa shape index (κ3) is 4.29. The molecule has 1 aliphatic rings. The zero-order valence-corrected chi connectivity index (χ0v) is 14.6. The van der Waals surface area contributed by atoms with Crippen molar-refractivity contribution in [3.63, 3.8) is 0 Å². The lowest BCUT2D eigenvalue weighted by molar-refractivity contribution is -0.135. The SMILES string of the molecule is C[C@H](NC(=O)c1ccoc1)C(=O)N(CC1CC1)[C@@H](C)c1ccccc1. The molecule has 1 aromatic heterocycles. The fourth-order valence-electron chi connectivity index (χ4n) is 2.91. The van der Waals surface area contributed by atoms with Gasteiger partial charge in [0, 0.05) is 6.54 Å². The zero-order valence-electron chi connectivity index (χ0n) is 14.6. The van der Waals surface area contributed by atoms with Crippen LogP contribution in [0, 0.1) is 5.92 Å². The Bertz CT molecular complexity index is 708. The van der Waals surface area contributed by atoms with Crippen LogP contribution in [0.3, 0.4) is 0 Å². The minimum absolute atomic E-state index is 0.0254. The zero-order chi connectivity index (χ0) is 17.8. The van der Waals surface area contributed by atoms with Gasteiger partial charge in [-0.3, -0.25) is 9.59 Å². The molecule has 132 valence electrons. The monoisotopic (exact) mass is 340 g/mol. The van der Waals surface area contributed by atoms with Crippen LogP contribution in [-0.2, 0) is 4.79 Å². The Morgan fingerprint density at radius 3 is 2.52 bits per heavy atom. The molecule has 2 aromatic rings. The average molecular weight is 340 g/mol. The van der Waals surface area contributed by atoms with Crippen molar-refractivity contribution in [3.8, 4) is 0 Å². The Morgan fingerprint density at radius 1 is 1.20 bits per heavy atom. The quantitative estimate of drug-likeness (QED) is 0.840. The molecule has 2 amide bonds. The summed E-state index contributed by atoms with van der Waals surface area (Å²) in [7, 11) is 0. The van der Waals surface area contributed by atoms with Crippen molar-refractivity contribution < 1.29 is 14.0 Å². The van der Waals surface area contributed by atoms with E-state index in [0.29, 0.717) is 11.5 Å². The lowest BCUT2D eigenvalue weighted by Gasteiger charge is -2.32. The molecule has 1 N–H and O–H groups in total. The van der Waals surface area contributed by atoms with Gasteiger partial charge in [-0.05, 0) is 44.2 Å². The first-order chi connectivity index (χ1) is 12.1. The summed E-state index contributed by atoms with van der Waals surface area (Å²) in [6, 6.07) is 11.0. The lowest BCUT2D eigenvalue weighted by Crippen LogP contribution is -2.48. The first-order valence-corrected chi connectivity index (χ1v) is 8.74. The maximum absolute atomic E-state index is 13.0. The number of carbonyl (C=O) groups is 2. The highest BCUT2D eigenvalue weighted by Crippen LogP contribution is 2.33. The molecule has 0 aliphatic heterocycles. The van der Waals surface area contributed by atoms with Crippen LogP contribution in [0.5, 0.6) is 0 Å². The molecule has 1 fully saturated rings. The minimum Gasteiger partial charge on any atom is -0.472 e. The van der Waals surface area contributed by atoms with E-state index in [-0.39, 0.29) is 17.9 Å². The molecular formula is C20H24N2O3. The molecule has 0 unspecified atom stereocenters. The summed E-state index contributed by atoms with van der Waals surface area (Å²) in [5.41, 5.74) is 1.52. The second-order valence-electron chi connectivity index (χ2n) is 6.73. The van der Waals surface area contributed by atoms with Crippen molar-refractivity contribution in [2.24, 2.45) is 5.92 Å². The van der Waals surface area contributed by atoms with E-state index < -0.39 is 6.04 Å². The van der Waals surface area contributed by atoms with E-state index in [4.69, 9.17) is 4.42 Å². The summed E-state index contributed by atoms with van der Waals surface area (Å²) in [4.78, 5) is 27.1. The number of furan rings is 1. The summed E-state index contributed by atoms with van der Waals surface area (Å²) < 4.78 is 4.93. The topological polar surface area (TPSA) is 62.6 Å². The van der Waals surface area contributed by atoms with Crippen molar-refractivity contribution in [1.82, 2.24) is 10.2 Å². The van der Waals surface area contributed by atoms with Crippen molar-refractivity contribution in [1.29, 1.82) is 0 Å². The van der Waals surface area contributed by atoms with Gasteiger partial charge in [0.1, 0.15) is 12.3 Å². The Balaban J connectivity index is 1.71. The Labute approximate surface area is 148 Å². The highest BCUT2D eigenvalue weighted by Gasteiger charge is 2.32. The maximum Gasteiger partial charge on any atom is 0.255 e. The van der Waals surface area contributed by atoms with Gasteiger partial charge < -0.3 is 14.6 Å². The third-order valence-corrected chi connectivity index (χ3v) is 4.69. The van der Waals surface area contributed by atoms with E-state index in [2.05, 4.69) is 5.32 Å². The highest BCUT2D eigenvalue weighted by atomic mass is 16.3. The predicted molar refractivity (Wildman–Crippen MR) is 94.9 cm³/mol. The van der Waals surface area contributed by atoms with Crippen LogP contribution in [-0.4, -0.2) is 29.3 Å². The first kappa shape index (κ1) is 17.3. The number of hydrogen-bond acceptors (Lipinski definition) is 3. The number of amides is 2. The number of benzene rings is 1. The van der Waals surface area contributed by atoms with Crippen molar-refractivity contribution in [3.05, 3.63) is 60.1 Å². The van der Waals surface area contributed by atoms with E-state index in [1.807, 2.05) is 42.2 Å². The molecule has 25 heavy (non-hydrogen) atoms. The minimum atomic E-state index is -0.590.